The van der Waals surface area contributed by atoms with Crippen molar-refractivity contribution in [2.75, 3.05) is 18.5 Å². The van der Waals surface area contributed by atoms with Gasteiger partial charge in [0.05, 0.1) is 17.7 Å². The molecule has 0 spiro atoms. The van der Waals surface area contributed by atoms with Crippen LogP contribution in [0.4, 0.5) is 9.39 Å². The predicted molar refractivity (Wildman–Crippen MR) is 126 cm³/mol. The first kappa shape index (κ1) is 27.0. The Kier molecular flexibility index (Phi) is 9.73. The van der Waals surface area contributed by atoms with Gasteiger partial charge < -0.3 is 20.1 Å². The molecule has 8 nitrogen and oxygen atoms in total. The number of thiophene rings is 1. The van der Waals surface area contributed by atoms with Gasteiger partial charge in [0.1, 0.15) is 16.9 Å². The van der Waals surface area contributed by atoms with E-state index in [0.717, 1.165) is 16.5 Å². The highest BCUT2D eigenvalue weighted by atomic mass is 32.1. The van der Waals surface area contributed by atoms with E-state index >= 15 is 0 Å². The largest absolute Gasteiger partial charge is 0.462 e. The minimum Gasteiger partial charge on any atom is -0.462 e. The minimum atomic E-state index is -1.09. The summed E-state index contributed by atoms with van der Waals surface area (Å²) in [6, 6.07) is 4.31. The zero-order valence-corrected chi connectivity index (χ0v) is 20.6. The second-order valence-electron chi connectivity index (χ2n) is 7.76. The lowest BCUT2D eigenvalue weighted by Crippen LogP contribution is -2.46. The average molecular weight is 493 g/mol. The molecule has 0 unspecified atom stereocenters. The van der Waals surface area contributed by atoms with Gasteiger partial charge in [-0.2, -0.15) is 0 Å². The van der Waals surface area contributed by atoms with Crippen molar-refractivity contribution in [3.8, 4) is 0 Å². The molecule has 1 atom stereocenters. The second kappa shape index (κ2) is 12.3. The molecule has 0 aliphatic carbocycles. The summed E-state index contributed by atoms with van der Waals surface area (Å²) in [5.41, 5.74) is 0.805. The molecule has 0 saturated carbocycles. The van der Waals surface area contributed by atoms with Crippen LogP contribution in [0.1, 0.15) is 58.9 Å². The summed E-state index contributed by atoms with van der Waals surface area (Å²) in [5.74, 6) is -3.89. The zero-order valence-electron chi connectivity index (χ0n) is 19.8. The Morgan fingerprint density at radius 3 is 2.35 bits per heavy atom. The predicted octanol–water partition coefficient (Wildman–Crippen LogP) is 3.87. The van der Waals surface area contributed by atoms with E-state index < -0.39 is 42.2 Å². The second-order valence-corrected chi connectivity index (χ2v) is 8.86. The van der Waals surface area contributed by atoms with E-state index in [9.17, 15) is 23.6 Å². The van der Waals surface area contributed by atoms with Crippen molar-refractivity contribution in [1.29, 1.82) is 0 Å². The molecule has 1 aromatic carbocycles. The molecule has 1 heterocycles. The number of hydrogen-bond donors (Lipinski definition) is 2. The van der Waals surface area contributed by atoms with Crippen molar-refractivity contribution in [1.82, 2.24) is 5.32 Å². The van der Waals surface area contributed by atoms with Gasteiger partial charge in [-0.15, -0.1) is 11.3 Å². The Balaban J connectivity index is 2.06. The summed E-state index contributed by atoms with van der Waals surface area (Å²) < 4.78 is 24.1. The summed E-state index contributed by atoms with van der Waals surface area (Å²) in [6.07, 6.45) is 0.672. The number of carbonyl (C=O) groups is 4. The fourth-order valence-corrected chi connectivity index (χ4v) is 4.34. The van der Waals surface area contributed by atoms with Crippen molar-refractivity contribution in [2.24, 2.45) is 5.92 Å². The topological polar surface area (TPSA) is 111 Å². The Hall–Kier alpha value is -3.27. The van der Waals surface area contributed by atoms with Crippen LogP contribution in [0.3, 0.4) is 0 Å². The van der Waals surface area contributed by atoms with E-state index in [-0.39, 0.29) is 23.7 Å². The number of ether oxygens (including phenoxy) is 2. The monoisotopic (exact) mass is 492 g/mol. The average Bonchev–Trinajstić information content (AvgIpc) is 3.10. The molecule has 0 bridgehead atoms. The van der Waals surface area contributed by atoms with Gasteiger partial charge in [0.25, 0.3) is 11.8 Å². The number of benzene rings is 1. The van der Waals surface area contributed by atoms with Gasteiger partial charge in [-0.3, -0.25) is 9.59 Å². The van der Waals surface area contributed by atoms with Crippen LogP contribution in [-0.4, -0.2) is 43.0 Å². The molecule has 0 radical (unpaired) electrons. The fraction of sp³-hybridized carbons (Fsp3) is 0.417. The molecular weight excluding hydrogens is 463 g/mol. The molecule has 0 aliphatic rings. The lowest BCUT2D eigenvalue weighted by molar-refractivity contribution is -0.150. The first-order valence-electron chi connectivity index (χ1n) is 10.9. The Bertz CT molecular complexity index is 1070. The van der Waals surface area contributed by atoms with Crippen molar-refractivity contribution in [2.45, 2.75) is 47.1 Å². The number of nitrogens with one attached hydrogen (secondary N) is 2. The highest BCUT2D eigenvalue weighted by molar-refractivity contribution is 7.17. The number of amides is 2. The molecule has 2 amide bonds. The molecule has 0 saturated heterocycles. The van der Waals surface area contributed by atoms with Crippen molar-refractivity contribution in [3.05, 3.63) is 51.7 Å². The fourth-order valence-electron chi connectivity index (χ4n) is 3.19. The van der Waals surface area contributed by atoms with Gasteiger partial charge in [0.15, 0.2) is 6.61 Å². The lowest BCUT2D eigenvalue weighted by atomic mass is 10.0. The molecular formula is C24H29FN2O6S. The number of halogens is 1. The van der Waals surface area contributed by atoms with E-state index in [1.807, 2.05) is 6.92 Å². The molecule has 2 aromatic rings. The summed E-state index contributed by atoms with van der Waals surface area (Å²) in [5, 5.41) is 5.39. The Morgan fingerprint density at radius 1 is 1.09 bits per heavy atom. The first-order valence-corrected chi connectivity index (χ1v) is 11.7. The third-order valence-electron chi connectivity index (χ3n) is 4.97. The molecule has 0 aliphatic heterocycles. The molecule has 2 N–H and O–H groups in total. The highest BCUT2D eigenvalue weighted by Crippen LogP contribution is 2.34. The van der Waals surface area contributed by atoms with Crippen LogP contribution < -0.4 is 10.6 Å². The summed E-state index contributed by atoms with van der Waals surface area (Å²) in [7, 11) is 0. The number of hydrogen-bond acceptors (Lipinski definition) is 7. The van der Waals surface area contributed by atoms with Crippen molar-refractivity contribution in [3.63, 3.8) is 0 Å². The van der Waals surface area contributed by atoms with Crippen molar-refractivity contribution >= 4 is 40.1 Å². The van der Waals surface area contributed by atoms with E-state index in [0.29, 0.717) is 11.4 Å². The van der Waals surface area contributed by atoms with Gasteiger partial charge in [0.2, 0.25) is 0 Å². The van der Waals surface area contributed by atoms with Crippen LogP contribution in [0, 0.1) is 18.7 Å². The Morgan fingerprint density at radius 2 is 1.76 bits per heavy atom. The van der Waals surface area contributed by atoms with E-state index in [4.69, 9.17) is 9.47 Å². The van der Waals surface area contributed by atoms with E-state index in [2.05, 4.69) is 10.6 Å². The maximum atomic E-state index is 13.9. The van der Waals surface area contributed by atoms with Gasteiger partial charge in [0, 0.05) is 4.88 Å². The van der Waals surface area contributed by atoms with Crippen LogP contribution >= 0.6 is 11.3 Å². The van der Waals surface area contributed by atoms with Gasteiger partial charge in [-0.05, 0) is 43.9 Å². The lowest BCUT2D eigenvalue weighted by Gasteiger charge is -2.21. The maximum absolute atomic E-state index is 13.9. The van der Waals surface area contributed by atoms with Crippen LogP contribution in [0.5, 0.6) is 0 Å². The normalized spacial score (nSPS) is 11.6. The van der Waals surface area contributed by atoms with Crippen LogP contribution in [-0.2, 0) is 25.5 Å². The molecule has 184 valence electrons. The zero-order chi connectivity index (χ0) is 25.4. The molecule has 1 aromatic heterocycles. The van der Waals surface area contributed by atoms with Gasteiger partial charge in [-0.25, -0.2) is 14.0 Å². The quantitative estimate of drug-likeness (QED) is 0.487. The molecule has 10 heteroatoms. The molecule has 0 fully saturated rings. The van der Waals surface area contributed by atoms with Gasteiger partial charge in [-0.1, -0.05) is 32.9 Å². The van der Waals surface area contributed by atoms with E-state index in [1.165, 1.54) is 29.5 Å². The number of carbonyl (C=O) groups excluding carboxylic acids is 4. The smallest absolute Gasteiger partial charge is 0.341 e. The van der Waals surface area contributed by atoms with Crippen molar-refractivity contribution < 1.29 is 33.0 Å². The summed E-state index contributed by atoms with van der Waals surface area (Å²) in [6.45, 7) is 8.33. The SMILES string of the molecule is CCOC(=O)c1c(NC(=O)COC(=O)[C@@H](NC(=O)c2ccccc2F)C(C)C)sc(CC)c1C. The van der Waals surface area contributed by atoms with Crippen LogP contribution in [0.25, 0.3) is 0 Å². The van der Waals surface area contributed by atoms with Crippen LogP contribution in [0.2, 0.25) is 0 Å². The standard InChI is InChI=1S/C24H29FN2O6S/c1-6-17-14(5)19(23(30)32-7-2)22(34-17)26-18(28)12-33-24(31)20(13(3)4)27-21(29)15-10-8-9-11-16(15)25/h8-11,13,20H,6-7,12H2,1-5H3,(H,26,28)(H,27,29)/t20-/m0/s1. The Labute approximate surface area is 201 Å². The third-order valence-corrected chi connectivity index (χ3v) is 6.32. The van der Waals surface area contributed by atoms with E-state index in [1.54, 1.807) is 27.7 Å². The minimum absolute atomic E-state index is 0.190. The molecule has 2 rings (SSSR count). The first-order chi connectivity index (χ1) is 16.1. The maximum Gasteiger partial charge on any atom is 0.341 e. The van der Waals surface area contributed by atoms with Gasteiger partial charge >= 0.3 is 11.9 Å². The third kappa shape index (κ3) is 6.63. The highest BCUT2D eigenvalue weighted by Gasteiger charge is 2.28. The summed E-state index contributed by atoms with van der Waals surface area (Å²) in [4.78, 5) is 50.7. The number of esters is 2. The number of rotatable bonds is 10. The van der Waals surface area contributed by atoms with Crippen LogP contribution in [0.15, 0.2) is 24.3 Å². The number of aryl methyl sites for hydroxylation is 1. The number of anilines is 1. The summed E-state index contributed by atoms with van der Waals surface area (Å²) >= 11 is 1.26. The molecule has 34 heavy (non-hydrogen) atoms.